The Balaban J connectivity index is 2.47. The summed E-state index contributed by atoms with van der Waals surface area (Å²) in [4.78, 5) is 23.0. The van der Waals surface area contributed by atoms with Crippen molar-refractivity contribution >= 4 is 13.8 Å². The van der Waals surface area contributed by atoms with Gasteiger partial charge in [0.1, 0.15) is 42.7 Å². The average Bonchev–Trinajstić information content (AvgIpc) is 3.11. The summed E-state index contributed by atoms with van der Waals surface area (Å²) < 4.78 is 34.0. The van der Waals surface area contributed by atoms with Crippen molar-refractivity contribution in [2.75, 3.05) is 19.8 Å². The van der Waals surface area contributed by atoms with Crippen LogP contribution in [0.4, 0.5) is 0 Å². The molecule has 0 spiro atoms. The minimum absolute atomic E-state index is 0.0765. The number of ether oxygens (including phenoxy) is 2. The zero-order valence-corrected chi connectivity index (χ0v) is 32.6. The standard InChI is InChI=1S/C38H73O12P/c1-3-5-7-9-11-13-15-16-18-20-22-24-26-28-47-29-31(49-32(39)27-25-23-21-19-17-14-12-10-8-6-4-2)30-48-51(45,46)50-38-36(43)34(41)33(40)35(42)37(38)44/h11,13,31,33-38,40-44H,3-10,12,14-30H2,1-2H3,(H,45,46)/b13-11-. The summed E-state index contributed by atoms with van der Waals surface area (Å²) in [5.41, 5.74) is 0. The molecule has 0 amide bonds. The Kier molecular flexibility index (Phi) is 28.7. The zero-order chi connectivity index (χ0) is 37.7. The van der Waals surface area contributed by atoms with Gasteiger partial charge in [0, 0.05) is 13.0 Å². The van der Waals surface area contributed by atoms with Crippen molar-refractivity contribution in [3.05, 3.63) is 12.2 Å². The number of phosphoric ester groups is 1. The fourth-order valence-electron chi connectivity index (χ4n) is 6.11. The first-order valence-corrected chi connectivity index (χ1v) is 21.5. The minimum atomic E-state index is -5.00. The van der Waals surface area contributed by atoms with E-state index >= 15 is 0 Å². The Labute approximate surface area is 307 Å². The van der Waals surface area contributed by atoms with Crippen LogP contribution in [0, 0.1) is 0 Å². The molecule has 0 aliphatic heterocycles. The van der Waals surface area contributed by atoms with E-state index in [1.54, 1.807) is 0 Å². The van der Waals surface area contributed by atoms with E-state index in [-0.39, 0.29) is 13.0 Å². The molecular weight excluding hydrogens is 679 g/mol. The lowest BCUT2D eigenvalue weighted by atomic mass is 9.85. The Morgan fingerprint density at radius 2 is 1.04 bits per heavy atom. The van der Waals surface area contributed by atoms with Crippen LogP contribution in [0.2, 0.25) is 0 Å². The molecule has 6 N–H and O–H groups in total. The van der Waals surface area contributed by atoms with Crippen LogP contribution in [-0.2, 0) is 27.9 Å². The van der Waals surface area contributed by atoms with E-state index in [9.17, 15) is 39.8 Å². The molecule has 1 aliphatic rings. The SMILES string of the molecule is CCCCC/C=C\CCCCCCCCOCC(COP(=O)(O)OC1C(O)C(O)C(O)C(O)C1O)OC(=O)CCCCCCCCCCCCC. The molecule has 13 heteroatoms. The molecule has 51 heavy (non-hydrogen) atoms. The van der Waals surface area contributed by atoms with Gasteiger partial charge in [-0.05, 0) is 38.5 Å². The van der Waals surface area contributed by atoms with E-state index in [1.165, 1.54) is 83.5 Å². The highest BCUT2D eigenvalue weighted by atomic mass is 31.2. The molecule has 302 valence electrons. The quantitative estimate of drug-likeness (QED) is 0.0178. The van der Waals surface area contributed by atoms with Crippen LogP contribution in [0.1, 0.15) is 162 Å². The summed E-state index contributed by atoms with van der Waals surface area (Å²) in [6.45, 7) is 4.20. The number of aliphatic hydroxyl groups is 5. The molecule has 0 bridgehead atoms. The third kappa shape index (κ3) is 23.5. The highest BCUT2D eigenvalue weighted by molar-refractivity contribution is 7.47. The van der Waals surface area contributed by atoms with Gasteiger partial charge in [0.15, 0.2) is 0 Å². The molecule has 0 aromatic rings. The average molecular weight is 753 g/mol. The molecule has 1 rings (SSSR count). The third-order valence-electron chi connectivity index (χ3n) is 9.39. The molecular formula is C38H73O12P. The number of allylic oxidation sites excluding steroid dienone is 2. The maximum Gasteiger partial charge on any atom is 0.472 e. The minimum Gasteiger partial charge on any atom is -0.457 e. The maximum atomic E-state index is 12.7. The number of hydrogen-bond acceptors (Lipinski definition) is 11. The normalized spacial score (nSPS) is 24.2. The van der Waals surface area contributed by atoms with Gasteiger partial charge in [-0.15, -0.1) is 0 Å². The van der Waals surface area contributed by atoms with Crippen LogP contribution in [0.25, 0.3) is 0 Å². The topological polar surface area (TPSA) is 192 Å². The molecule has 1 aliphatic carbocycles. The predicted molar refractivity (Wildman–Crippen MR) is 198 cm³/mol. The number of unbranched alkanes of at least 4 members (excludes halogenated alkanes) is 19. The summed E-state index contributed by atoms with van der Waals surface area (Å²) in [5, 5.41) is 49.9. The van der Waals surface area contributed by atoms with Gasteiger partial charge in [0.05, 0.1) is 13.2 Å². The van der Waals surface area contributed by atoms with E-state index in [1.807, 2.05) is 0 Å². The van der Waals surface area contributed by atoms with Crippen molar-refractivity contribution in [1.29, 1.82) is 0 Å². The van der Waals surface area contributed by atoms with Crippen LogP contribution in [0.5, 0.6) is 0 Å². The Hall–Kier alpha value is -0.920. The van der Waals surface area contributed by atoms with Crippen molar-refractivity contribution in [3.63, 3.8) is 0 Å². The van der Waals surface area contributed by atoms with Gasteiger partial charge < -0.3 is 39.9 Å². The first kappa shape index (κ1) is 48.1. The van der Waals surface area contributed by atoms with E-state index in [2.05, 4.69) is 26.0 Å². The summed E-state index contributed by atoms with van der Waals surface area (Å²) in [7, 11) is -5.00. The second-order valence-corrected chi connectivity index (χ2v) is 15.5. The first-order chi connectivity index (χ1) is 24.5. The fraction of sp³-hybridized carbons (Fsp3) is 0.921. The number of carbonyl (C=O) groups is 1. The van der Waals surface area contributed by atoms with Gasteiger partial charge in [-0.25, -0.2) is 4.57 Å². The van der Waals surface area contributed by atoms with Crippen molar-refractivity contribution in [1.82, 2.24) is 0 Å². The largest absolute Gasteiger partial charge is 0.472 e. The van der Waals surface area contributed by atoms with Gasteiger partial charge in [0.25, 0.3) is 0 Å². The first-order valence-electron chi connectivity index (χ1n) is 20.0. The van der Waals surface area contributed by atoms with Crippen molar-refractivity contribution in [3.8, 4) is 0 Å². The molecule has 0 radical (unpaired) electrons. The third-order valence-corrected chi connectivity index (χ3v) is 10.4. The smallest absolute Gasteiger partial charge is 0.457 e. The molecule has 1 saturated carbocycles. The van der Waals surface area contributed by atoms with Crippen LogP contribution in [-0.4, -0.2) is 98.9 Å². The summed E-state index contributed by atoms with van der Waals surface area (Å²) >= 11 is 0. The molecule has 12 nitrogen and oxygen atoms in total. The van der Waals surface area contributed by atoms with E-state index in [0.717, 1.165) is 51.4 Å². The Bertz CT molecular complexity index is 905. The lowest BCUT2D eigenvalue weighted by molar-refractivity contribution is -0.220. The van der Waals surface area contributed by atoms with E-state index < -0.39 is 63.1 Å². The molecule has 0 aromatic heterocycles. The summed E-state index contributed by atoms with van der Waals surface area (Å²) in [5.74, 6) is -0.481. The number of esters is 1. The summed E-state index contributed by atoms with van der Waals surface area (Å²) in [6, 6.07) is 0. The second kappa shape index (κ2) is 30.4. The van der Waals surface area contributed by atoms with Gasteiger partial charge >= 0.3 is 13.8 Å². The van der Waals surface area contributed by atoms with Gasteiger partial charge in [-0.3, -0.25) is 13.8 Å². The fourth-order valence-corrected chi connectivity index (χ4v) is 7.09. The van der Waals surface area contributed by atoms with Crippen molar-refractivity contribution in [2.45, 2.75) is 204 Å². The monoisotopic (exact) mass is 752 g/mol. The zero-order valence-electron chi connectivity index (χ0n) is 31.7. The highest BCUT2D eigenvalue weighted by Gasteiger charge is 2.51. The van der Waals surface area contributed by atoms with E-state index in [4.69, 9.17) is 18.5 Å². The van der Waals surface area contributed by atoms with Crippen molar-refractivity contribution < 1.29 is 58.3 Å². The molecule has 6 unspecified atom stereocenters. The Morgan fingerprint density at radius 3 is 1.59 bits per heavy atom. The van der Waals surface area contributed by atoms with Gasteiger partial charge in [-0.1, -0.05) is 129 Å². The van der Waals surface area contributed by atoms with Crippen LogP contribution in [0.15, 0.2) is 12.2 Å². The van der Waals surface area contributed by atoms with Gasteiger partial charge in [-0.2, -0.15) is 0 Å². The number of carbonyl (C=O) groups excluding carboxylic acids is 1. The molecule has 6 atom stereocenters. The summed E-state index contributed by atoms with van der Waals surface area (Å²) in [6.07, 6.45) is 17.2. The van der Waals surface area contributed by atoms with E-state index in [0.29, 0.717) is 13.0 Å². The number of rotatable bonds is 33. The van der Waals surface area contributed by atoms with Crippen LogP contribution < -0.4 is 0 Å². The lowest BCUT2D eigenvalue weighted by Crippen LogP contribution is -2.64. The number of hydrogen-bond donors (Lipinski definition) is 6. The Morgan fingerprint density at radius 1 is 0.608 bits per heavy atom. The second-order valence-electron chi connectivity index (χ2n) is 14.1. The molecule has 0 heterocycles. The van der Waals surface area contributed by atoms with Gasteiger partial charge in [0.2, 0.25) is 0 Å². The number of aliphatic hydroxyl groups excluding tert-OH is 5. The lowest BCUT2D eigenvalue weighted by Gasteiger charge is -2.41. The molecule has 0 saturated heterocycles. The number of phosphoric acid groups is 1. The highest BCUT2D eigenvalue weighted by Crippen LogP contribution is 2.47. The predicted octanol–water partition coefficient (Wildman–Crippen LogP) is 6.80. The van der Waals surface area contributed by atoms with Crippen LogP contribution in [0.3, 0.4) is 0 Å². The molecule has 1 fully saturated rings. The molecule has 0 aromatic carbocycles. The van der Waals surface area contributed by atoms with Crippen LogP contribution >= 0.6 is 7.82 Å². The van der Waals surface area contributed by atoms with Crippen molar-refractivity contribution in [2.24, 2.45) is 0 Å². The maximum absolute atomic E-state index is 12.7.